The number of carbonyl (C=O) groups is 3. The molecular weight excluding hydrogens is 344 g/mol. The lowest BCUT2D eigenvalue weighted by Gasteiger charge is -2.31. The molecule has 3 amide bonds. The van der Waals surface area contributed by atoms with E-state index in [0.717, 1.165) is 6.42 Å². The van der Waals surface area contributed by atoms with Gasteiger partial charge in [0.15, 0.2) is 0 Å². The van der Waals surface area contributed by atoms with Crippen molar-refractivity contribution in [2.24, 2.45) is 17.6 Å². The smallest absolute Gasteiger partial charge is 0.246 e. The number of hydrogen-bond acceptors (Lipinski definition) is 4. The number of nitrogens with zero attached hydrogens (tertiary/aromatic N) is 1. The zero-order valence-electron chi connectivity index (χ0n) is 17.0. The molecule has 0 aromatic carbocycles. The third-order valence-corrected chi connectivity index (χ3v) is 5.77. The third kappa shape index (κ3) is 5.92. The average Bonchev–Trinajstić information content (AvgIpc) is 3.13. The van der Waals surface area contributed by atoms with Crippen LogP contribution in [0.5, 0.6) is 0 Å². The monoisotopic (exact) mass is 380 g/mol. The lowest BCUT2D eigenvalue weighted by molar-refractivity contribution is -0.142. The van der Waals surface area contributed by atoms with Crippen molar-refractivity contribution in [2.45, 2.75) is 83.8 Å². The van der Waals surface area contributed by atoms with Crippen molar-refractivity contribution < 1.29 is 14.4 Å². The minimum atomic E-state index is -0.674. The molecule has 0 aromatic rings. The normalized spacial score (nSPS) is 23.1. The molecule has 2 aliphatic rings. The van der Waals surface area contributed by atoms with E-state index in [1.165, 1.54) is 32.1 Å². The molecule has 1 aliphatic carbocycles. The van der Waals surface area contributed by atoms with Gasteiger partial charge >= 0.3 is 0 Å². The second-order valence-electron chi connectivity index (χ2n) is 8.46. The Morgan fingerprint density at radius 3 is 2.30 bits per heavy atom. The van der Waals surface area contributed by atoms with E-state index in [4.69, 9.17) is 5.73 Å². The largest absolute Gasteiger partial charge is 0.354 e. The first-order valence-electron chi connectivity index (χ1n) is 10.5. The fourth-order valence-electron chi connectivity index (χ4n) is 4.03. The van der Waals surface area contributed by atoms with Crippen LogP contribution in [0.4, 0.5) is 0 Å². The van der Waals surface area contributed by atoms with Crippen LogP contribution < -0.4 is 16.4 Å². The number of likely N-dealkylation sites (tertiary alicyclic amines) is 1. The van der Waals surface area contributed by atoms with Crippen LogP contribution >= 0.6 is 0 Å². The summed E-state index contributed by atoms with van der Waals surface area (Å²) in [5.74, 6) is -0.116. The van der Waals surface area contributed by atoms with Gasteiger partial charge in [0.05, 0.1) is 6.04 Å². The highest BCUT2D eigenvalue weighted by atomic mass is 16.2. The van der Waals surface area contributed by atoms with Crippen LogP contribution in [-0.2, 0) is 14.4 Å². The first kappa shape index (κ1) is 21.7. The molecule has 7 nitrogen and oxygen atoms in total. The Morgan fingerprint density at radius 2 is 1.70 bits per heavy atom. The highest BCUT2D eigenvalue weighted by molar-refractivity contribution is 5.93. The van der Waals surface area contributed by atoms with Gasteiger partial charge in [-0.1, -0.05) is 33.1 Å². The molecule has 1 saturated heterocycles. The van der Waals surface area contributed by atoms with Crippen LogP contribution in [0.15, 0.2) is 0 Å². The van der Waals surface area contributed by atoms with Crippen LogP contribution in [0, 0.1) is 11.8 Å². The summed E-state index contributed by atoms with van der Waals surface area (Å²) in [6.45, 7) is 6.62. The molecule has 0 aromatic heterocycles. The number of rotatable bonds is 7. The van der Waals surface area contributed by atoms with E-state index < -0.39 is 18.1 Å². The lowest BCUT2D eigenvalue weighted by Crippen LogP contribution is -2.57. The van der Waals surface area contributed by atoms with Gasteiger partial charge in [-0.3, -0.25) is 14.4 Å². The molecule has 3 atom stereocenters. The molecule has 2 rings (SSSR count). The fraction of sp³-hybridized carbons (Fsp3) is 0.850. The molecule has 1 heterocycles. The Hall–Kier alpha value is -1.63. The highest BCUT2D eigenvalue weighted by Crippen LogP contribution is 2.24. The maximum absolute atomic E-state index is 13.1. The van der Waals surface area contributed by atoms with Gasteiger partial charge in [-0.25, -0.2) is 0 Å². The van der Waals surface area contributed by atoms with Crippen molar-refractivity contribution in [3.05, 3.63) is 0 Å². The van der Waals surface area contributed by atoms with E-state index in [-0.39, 0.29) is 23.6 Å². The number of nitrogens with two attached hydrogens (primary N) is 1. The van der Waals surface area contributed by atoms with E-state index >= 15 is 0 Å². The van der Waals surface area contributed by atoms with E-state index in [1.54, 1.807) is 11.8 Å². The second-order valence-corrected chi connectivity index (χ2v) is 8.46. The SMILES string of the molecule is CC(N)C(=O)NC(C(=O)N1CCCC1C(=O)NCC1CCCCC1)C(C)C. The molecule has 154 valence electrons. The van der Waals surface area contributed by atoms with Crippen molar-refractivity contribution in [3.63, 3.8) is 0 Å². The quantitative estimate of drug-likeness (QED) is 0.616. The van der Waals surface area contributed by atoms with Gasteiger partial charge in [-0.15, -0.1) is 0 Å². The number of nitrogens with one attached hydrogen (secondary N) is 2. The molecular formula is C20H36N4O3. The Kier molecular flexibility index (Phi) is 8.07. The molecule has 0 spiro atoms. The molecule has 1 saturated carbocycles. The van der Waals surface area contributed by atoms with Gasteiger partial charge in [0.2, 0.25) is 17.7 Å². The minimum Gasteiger partial charge on any atom is -0.354 e. The molecule has 4 N–H and O–H groups in total. The van der Waals surface area contributed by atoms with Crippen molar-refractivity contribution in [1.82, 2.24) is 15.5 Å². The average molecular weight is 381 g/mol. The summed E-state index contributed by atoms with van der Waals surface area (Å²) in [6.07, 6.45) is 7.60. The summed E-state index contributed by atoms with van der Waals surface area (Å²) < 4.78 is 0. The summed E-state index contributed by atoms with van der Waals surface area (Å²) in [5, 5.41) is 5.82. The summed E-state index contributed by atoms with van der Waals surface area (Å²) in [4.78, 5) is 39.4. The molecule has 0 bridgehead atoms. The summed E-state index contributed by atoms with van der Waals surface area (Å²) in [7, 11) is 0. The second kappa shape index (κ2) is 10.1. The van der Waals surface area contributed by atoms with Gasteiger partial charge in [0.25, 0.3) is 0 Å². The van der Waals surface area contributed by atoms with Crippen molar-refractivity contribution >= 4 is 17.7 Å². The number of amides is 3. The summed E-state index contributed by atoms with van der Waals surface area (Å²) in [6, 6.07) is -1.77. The van der Waals surface area contributed by atoms with Crippen LogP contribution in [0.1, 0.15) is 65.7 Å². The zero-order chi connectivity index (χ0) is 20.0. The Morgan fingerprint density at radius 1 is 1.04 bits per heavy atom. The minimum absolute atomic E-state index is 0.0625. The maximum Gasteiger partial charge on any atom is 0.246 e. The predicted molar refractivity (Wildman–Crippen MR) is 105 cm³/mol. The van der Waals surface area contributed by atoms with Crippen LogP contribution in [0.25, 0.3) is 0 Å². The molecule has 7 heteroatoms. The van der Waals surface area contributed by atoms with Gasteiger partial charge in [0, 0.05) is 13.1 Å². The van der Waals surface area contributed by atoms with E-state index in [9.17, 15) is 14.4 Å². The molecule has 1 aliphatic heterocycles. The summed E-state index contributed by atoms with van der Waals surface area (Å²) >= 11 is 0. The molecule has 3 unspecified atom stereocenters. The van der Waals surface area contributed by atoms with Gasteiger partial charge in [-0.2, -0.15) is 0 Å². The standard InChI is InChI=1S/C20H36N4O3/c1-13(2)17(23-18(25)14(3)21)20(27)24-11-7-10-16(24)19(26)22-12-15-8-5-4-6-9-15/h13-17H,4-12,21H2,1-3H3,(H,22,26)(H,23,25). The summed E-state index contributed by atoms with van der Waals surface area (Å²) in [5.41, 5.74) is 5.62. The Bertz CT molecular complexity index is 529. The molecule has 2 fully saturated rings. The van der Waals surface area contributed by atoms with Crippen LogP contribution in [0.2, 0.25) is 0 Å². The first-order valence-corrected chi connectivity index (χ1v) is 10.5. The molecule has 27 heavy (non-hydrogen) atoms. The zero-order valence-corrected chi connectivity index (χ0v) is 17.0. The van der Waals surface area contributed by atoms with Gasteiger partial charge in [-0.05, 0) is 44.4 Å². The van der Waals surface area contributed by atoms with E-state index in [1.807, 2.05) is 13.8 Å². The van der Waals surface area contributed by atoms with Crippen LogP contribution in [0.3, 0.4) is 0 Å². The predicted octanol–water partition coefficient (Wildman–Crippen LogP) is 1.16. The lowest BCUT2D eigenvalue weighted by atomic mass is 9.89. The Balaban J connectivity index is 1.96. The maximum atomic E-state index is 13.1. The fourth-order valence-corrected chi connectivity index (χ4v) is 4.03. The molecule has 0 radical (unpaired) electrons. The van der Waals surface area contributed by atoms with Crippen LogP contribution in [-0.4, -0.2) is 53.8 Å². The van der Waals surface area contributed by atoms with Crippen molar-refractivity contribution in [2.75, 3.05) is 13.1 Å². The number of carbonyl (C=O) groups excluding carboxylic acids is 3. The van der Waals surface area contributed by atoms with Crippen molar-refractivity contribution in [1.29, 1.82) is 0 Å². The third-order valence-electron chi connectivity index (χ3n) is 5.77. The van der Waals surface area contributed by atoms with Gasteiger partial charge in [0.1, 0.15) is 12.1 Å². The van der Waals surface area contributed by atoms with E-state index in [2.05, 4.69) is 10.6 Å². The highest BCUT2D eigenvalue weighted by Gasteiger charge is 2.38. The van der Waals surface area contributed by atoms with Crippen molar-refractivity contribution in [3.8, 4) is 0 Å². The van der Waals surface area contributed by atoms with Gasteiger partial charge < -0.3 is 21.3 Å². The topological polar surface area (TPSA) is 105 Å². The van der Waals surface area contributed by atoms with E-state index in [0.29, 0.717) is 25.4 Å². The Labute approximate surface area is 162 Å². The first-order chi connectivity index (χ1) is 12.8. The number of hydrogen-bond donors (Lipinski definition) is 3.